The highest BCUT2D eigenvalue weighted by molar-refractivity contribution is 5.69. The molecule has 1 atom stereocenters. The third-order valence-corrected chi connectivity index (χ3v) is 4.63. The van der Waals surface area contributed by atoms with Crippen LogP contribution in [0.3, 0.4) is 0 Å². The van der Waals surface area contributed by atoms with E-state index < -0.39 is 5.60 Å². The number of nitrogens with zero attached hydrogens (tertiary/aromatic N) is 1. The summed E-state index contributed by atoms with van der Waals surface area (Å²) in [6.07, 6.45) is 7.21. The van der Waals surface area contributed by atoms with Crippen molar-refractivity contribution in [3.05, 3.63) is 0 Å². The molecule has 2 fully saturated rings. The number of hydrogen-bond donors (Lipinski definition) is 1. The first-order valence-electron chi connectivity index (χ1n) is 7.58. The minimum absolute atomic E-state index is 0.169. The summed E-state index contributed by atoms with van der Waals surface area (Å²) in [6.45, 7) is 7.09. The number of hydrogen-bond acceptors (Lipinski definition) is 3. The molecule has 1 aliphatic carbocycles. The first-order valence-corrected chi connectivity index (χ1v) is 7.58. The van der Waals surface area contributed by atoms with E-state index in [2.05, 4.69) is 0 Å². The van der Waals surface area contributed by atoms with Crippen LogP contribution >= 0.6 is 0 Å². The van der Waals surface area contributed by atoms with Crippen molar-refractivity contribution in [1.29, 1.82) is 0 Å². The van der Waals surface area contributed by atoms with Crippen molar-refractivity contribution >= 4 is 6.09 Å². The predicted molar refractivity (Wildman–Crippen MR) is 75.9 cm³/mol. The van der Waals surface area contributed by atoms with Gasteiger partial charge in [0.15, 0.2) is 0 Å². The van der Waals surface area contributed by atoms with Crippen LogP contribution in [0, 0.1) is 5.41 Å². The molecule has 0 radical (unpaired) electrons. The number of likely N-dealkylation sites (tertiary alicyclic amines) is 1. The molecule has 0 aromatic heterocycles. The van der Waals surface area contributed by atoms with Crippen molar-refractivity contribution in [3.8, 4) is 0 Å². The normalized spacial score (nSPS) is 26.7. The van der Waals surface area contributed by atoms with Crippen molar-refractivity contribution in [2.45, 2.75) is 70.9 Å². The zero-order chi connectivity index (χ0) is 14.1. The van der Waals surface area contributed by atoms with E-state index in [0.29, 0.717) is 6.54 Å². The predicted octanol–water partition coefficient (Wildman–Crippen LogP) is 2.91. The van der Waals surface area contributed by atoms with Gasteiger partial charge < -0.3 is 15.4 Å². The topological polar surface area (TPSA) is 55.6 Å². The molecule has 1 unspecified atom stereocenters. The Morgan fingerprint density at radius 3 is 2.42 bits per heavy atom. The van der Waals surface area contributed by atoms with Gasteiger partial charge in [0, 0.05) is 13.1 Å². The van der Waals surface area contributed by atoms with E-state index in [1.165, 1.54) is 32.1 Å². The van der Waals surface area contributed by atoms with Crippen LogP contribution in [0.4, 0.5) is 4.79 Å². The molecule has 1 saturated carbocycles. The molecule has 110 valence electrons. The molecule has 2 aliphatic rings. The van der Waals surface area contributed by atoms with E-state index in [9.17, 15) is 4.79 Å². The van der Waals surface area contributed by atoms with Gasteiger partial charge >= 0.3 is 6.09 Å². The van der Waals surface area contributed by atoms with Crippen LogP contribution in [0.1, 0.15) is 59.3 Å². The van der Waals surface area contributed by atoms with Crippen LogP contribution in [-0.2, 0) is 4.74 Å². The van der Waals surface area contributed by atoms with Crippen LogP contribution in [0.25, 0.3) is 0 Å². The Hall–Kier alpha value is -0.770. The Morgan fingerprint density at radius 1 is 1.26 bits per heavy atom. The minimum Gasteiger partial charge on any atom is -0.444 e. The van der Waals surface area contributed by atoms with E-state index in [0.717, 1.165) is 13.0 Å². The van der Waals surface area contributed by atoms with Gasteiger partial charge in [-0.05, 0) is 45.4 Å². The van der Waals surface area contributed by atoms with E-state index in [-0.39, 0.29) is 17.6 Å². The van der Waals surface area contributed by atoms with Crippen LogP contribution in [0.5, 0.6) is 0 Å². The van der Waals surface area contributed by atoms with Gasteiger partial charge in [-0.2, -0.15) is 0 Å². The van der Waals surface area contributed by atoms with Gasteiger partial charge in [0.05, 0.1) is 6.04 Å². The van der Waals surface area contributed by atoms with E-state index >= 15 is 0 Å². The summed E-state index contributed by atoms with van der Waals surface area (Å²) in [5.41, 5.74) is 5.82. The fraction of sp³-hybridized carbons (Fsp3) is 0.933. The van der Waals surface area contributed by atoms with Crippen molar-refractivity contribution in [1.82, 2.24) is 4.90 Å². The standard InChI is InChI=1S/C15H28N2O2/c1-14(2,3)19-13(18)17-10-9-15(12(17)11-16)7-5-4-6-8-15/h12H,4-11,16H2,1-3H3. The molecule has 4 heteroatoms. The number of carbonyl (C=O) groups is 1. The zero-order valence-electron chi connectivity index (χ0n) is 12.6. The zero-order valence-corrected chi connectivity index (χ0v) is 12.6. The lowest BCUT2D eigenvalue weighted by molar-refractivity contribution is 0.0141. The molecule has 2 N–H and O–H groups in total. The van der Waals surface area contributed by atoms with Crippen LogP contribution in [0.2, 0.25) is 0 Å². The summed E-state index contributed by atoms with van der Waals surface area (Å²) in [4.78, 5) is 14.2. The van der Waals surface area contributed by atoms with Gasteiger partial charge in [0.1, 0.15) is 5.60 Å². The first-order chi connectivity index (χ1) is 8.88. The summed E-state index contributed by atoms with van der Waals surface area (Å²) in [5, 5.41) is 0. The van der Waals surface area contributed by atoms with Gasteiger partial charge in [-0.25, -0.2) is 4.79 Å². The number of rotatable bonds is 1. The third-order valence-electron chi connectivity index (χ3n) is 4.63. The Labute approximate surface area is 116 Å². The molecule has 4 nitrogen and oxygen atoms in total. The second-order valence-electron chi connectivity index (χ2n) is 7.10. The second kappa shape index (κ2) is 5.31. The lowest BCUT2D eigenvalue weighted by Gasteiger charge is -2.40. The number of amides is 1. The summed E-state index contributed by atoms with van der Waals surface area (Å²) in [5.74, 6) is 0. The average molecular weight is 268 g/mol. The molecule has 0 aromatic rings. The van der Waals surface area contributed by atoms with Crippen LogP contribution < -0.4 is 5.73 Å². The molecule has 1 saturated heterocycles. The van der Waals surface area contributed by atoms with Gasteiger partial charge in [-0.3, -0.25) is 0 Å². The molecule has 0 bridgehead atoms. The highest BCUT2D eigenvalue weighted by Crippen LogP contribution is 2.48. The van der Waals surface area contributed by atoms with E-state index in [1.54, 1.807) is 0 Å². The van der Waals surface area contributed by atoms with E-state index in [4.69, 9.17) is 10.5 Å². The van der Waals surface area contributed by atoms with E-state index in [1.807, 2.05) is 25.7 Å². The highest BCUT2D eigenvalue weighted by Gasteiger charge is 2.49. The number of nitrogens with two attached hydrogens (primary N) is 1. The SMILES string of the molecule is CC(C)(C)OC(=O)N1CCC2(CCCCC2)C1CN. The molecular weight excluding hydrogens is 240 g/mol. The van der Waals surface area contributed by atoms with Gasteiger partial charge in [0.2, 0.25) is 0 Å². The fourth-order valence-electron chi connectivity index (χ4n) is 3.75. The maximum atomic E-state index is 12.3. The average Bonchev–Trinajstić information content (AvgIpc) is 2.66. The Balaban J connectivity index is 2.08. The second-order valence-corrected chi connectivity index (χ2v) is 7.10. The fourth-order valence-corrected chi connectivity index (χ4v) is 3.75. The third kappa shape index (κ3) is 3.04. The molecule has 2 rings (SSSR count). The Kier molecular flexibility index (Phi) is 4.09. The van der Waals surface area contributed by atoms with Crippen molar-refractivity contribution < 1.29 is 9.53 Å². The van der Waals surface area contributed by atoms with Gasteiger partial charge in [-0.15, -0.1) is 0 Å². The Bertz CT molecular complexity index is 330. The quantitative estimate of drug-likeness (QED) is 0.795. The van der Waals surface area contributed by atoms with Gasteiger partial charge in [0.25, 0.3) is 0 Å². The van der Waals surface area contributed by atoms with Crippen LogP contribution in [-0.4, -0.2) is 35.7 Å². The first kappa shape index (κ1) is 14.6. The molecular formula is C15H28N2O2. The maximum Gasteiger partial charge on any atom is 0.410 e. The molecule has 1 amide bonds. The molecule has 0 aromatic carbocycles. The summed E-state index contributed by atoms with van der Waals surface area (Å²) in [6, 6.07) is 0.169. The lowest BCUT2D eigenvalue weighted by Crippen LogP contribution is -2.49. The molecule has 19 heavy (non-hydrogen) atoms. The minimum atomic E-state index is -0.432. The highest BCUT2D eigenvalue weighted by atomic mass is 16.6. The lowest BCUT2D eigenvalue weighted by atomic mass is 9.69. The smallest absolute Gasteiger partial charge is 0.410 e. The van der Waals surface area contributed by atoms with Crippen LogP contribution in [0.15, 0.2) is 0 Å². The summed E-state index contributed by atoms with van der Waals surface area (Å²) in [7, 11) is 0. The summed E-state index contributed by atoms with van der Waals surface area (Å²) < 4.78 is 5.52. The molecule has 1 spiro atoms. The Morgan fingerprint density at radius 2 is 1.89 bits per heavy atom. The van der Waals surface area contributed by atoms with Crippen molar-refractivity contribution in [3.63, 3.8) is 0 Å². The monoisotopic (exact) mass is 268 g/mol. The largest absolute Gasteiger partial charge is 0.444 e. The number of ether oxygens (including phenoxy) is 1. The molecule has 1 aliphatic heterocycles. The number of carbonyl (C=O) groups excluding carboxylic acids is 1. The van der Waals surface area contributed by atoms with Crippen molar-refractivity contribution in [2.75, 3.05) is 13.1 Å². The maximum absolute atomic E-state index is 12.3. The van der Waals surface area contributed by atoms with Crippen molar-refractivity contribution in [2.24, 2.45) is 11.1 Å². The molecule has 1 heterocycles. The van der Waals surface area contributed by atoms with Gasteiger partial charge in [-0.1, -0.05) is 19.3 Å². The summed E-state index contributed by atoms with van der Waals surface area (Å²) >= 11 is 0.